The molecule has 0 unspecified atom stereocenters. The molecule has 0 radical (unpaired) electrons. The number of anilines is 2. The van der Waals surface area contributed by atoms with E-state index in [1.807, 2.05) is 30.6 Å². The van der Waals surface area contributed by atoms with Gasteiger partial charge in [-0.3, -0.25) is 4.98 Å². The highest BCUT2D eigenvalue weighted by Crippen LogP contribution is 2.27. The molecule has 0 atom stereocenters. The lowest BCUT2D eigenvalue weighted by Gasteiger charge is -2.27. The first-order chi connectivity index (χ1) is 17.8. The molecule has 2 aliphatic rings. The summed E-state index contributed by atoms with van der Waals surface area (Å²) in [4.78, 5) is 9.29. The average Bonchev–Trinajstić information content (AvgIpc) is 2.88. The first kappa shape index (κ1) is 24.3. The number of hydrogen-bond donors (Lipinski definition) is 4. The third kappa shape index (κ3) is 6.41. The summed E-state index contributed by atoms with van der Waals surface area (Å²) in [7, 11) is 0. The van der Waals surface area contributed by atoms with Gasteiger partial charge in [-0.25, -0.2) is 4.98 Å². The standard InChI is InChI=1S/C27H34N8O/c28-13-22(15-29-8-9-36-23-17-30-18-23)21-12-25-24(31-16-21)6-7-26(33-25)34-27-11-20(14-32-35-27)10-19-4-2-1-3-5-19/h6-7,11-16,19,23,28-30H,1-5,8-10,17-18H2,(H,33,34,35)/b22-15+,28-13?. The van der Waals surface area contributed by atoms with Crippen molar-refractivity contribution in [2.45, 2.75) is 44.6 Å². The second kappa shape index (κ2) is 12.0. The van der Waals surface area contributed by atoms with E-state index >= 15 is 0 Å². The van der Waals surface area contributed by atoms with Gasteiger partial charge in [-0.2, -0.15) is 5.10 Å². The minimum atomic E-state index is 0.321. The molecular formula is C27H34N8O. The SMILES string of the molecule is N=C/C(=C\NCCOC1CNC1)c1cnc2ccc(Nc3cc(CC4CCCCC4)cnn3)nc2c1. The number of fused-ring (bicyclic) bond motifs is 1. The number of nitrogens with one attached hydrogen (secondary N) is 4. The lowest BCUT2D eigenvalue weighted by atomic mass is 9.85. The van der Waals surface area contributed by atoms with Crippen LogP contribution >= 0.6 is 0 Å². The van der Waals surface area contributed by atoms with E-state index in [0.717, 1.165) is 47.6 Å². The number of rotatable bonds is 11. The Morgan fingerprint density at radius 3 is 2.78 bits per heavy atom. The third-order valence-electron chi connectivity index (χ3n) is 6.84. The minimum absolute atomic E-state index is 0.321. The van der Waals surface area contributed by atoms with Crippen molar-refractivity contribution < 1.29 is 4.74 Å². The maximum absolute atomic E-state index is 7.85. The van der Waals surface area contributed by atoms with Crippen LogP contribution in [0.15, 0.2) is 42.9 Å². The van der Waals surface area contributed by atoms with Gasteiger partial charge >= 0.3 is 0 Å². The minimum Gasteiger partial charge on any atom is -0.388 e. The molecule has 1 saturated carbocycles. The molecule has 1 aliphatic heterocycles. The van der Waals surface area contributed by atoms with E-state index in [1.54, 1.807) is 6.20 Å². The fourth-order valence-corrected chi connectivity index (χ4v) is 4.72. The molecule has 3 aromatic rings. The van der Waals surface area contributed by atoms with E-state index in [-0.39, 0.29) is 0 Å². The predicted octanol–water partition coefficient (Wildman–Crippen LogP) is 3.85. The van der Waals surface area contributed by atoms with Gasteiger partial charge in [0.25, 0.3) is 0 Å². The summed E-state index contributed by atoms with van der Waals surface area (Å²) >= 11 is 0. The smallest absolute Gasteiger partial charge is 0.154 e. The Morgan fingerprint density at radius 1 is 1.08 bits per heavy atom. The molecule has 4 heterocycles. The van der Waals surface area contributed by atoms with Gasteiger partial charge in [-0.1, -0.05) is 32.1 Å². The average molecular weight is 487 g/mol. The summed E-state index contributed by atoms with van der Waals surface area (Å²) in [5, 5.41) is 26.0. The van der Waals surface area contributed by atoms with Crippen LogP contribution in [0.25, 0.3) is 16.6 Å². The molecule has 3 aromatic heterocycles. The lowest BCUT2D eigenvalue weighted by molar-refractivity contribution is 0.0219. The van der Waals surface area contributed by atoms with Crippen LogP contribution in [0, 0.1) is 11.3 Å². The van der Waals surface area contributed by atoms with Gasteiger partial charge < -0.3 is 26.1 Å². The topological polar surface area (TPSA) is 121 Å². The van der Waals surface area contributed by atoms with Crippen LogP contribution < -0.4 is 16.0 Å². The van der Waals surface area contributed by atoms with Crippen LogP contribution in [0.4, 0.5) is 11.6 Å². The van der Waals surface area contributed by atoms with Crippen molar-refractivity contribution in [1.29, 1.82) is 5.41 Å². The largest absolute Gasteiger partial charge is 0.388 e. The van der Waals surface area contributed by atoms with Crippen LogP contribution in [0.3, 0.4) is 0 Å². The Bertz CT molecular complexity index is 1200. The molecule has 1 aliphatic carbocycles. The van der Waals surface area contributed by atoms with Crippen molar-refractivity contribution in [2.75, 3.05) is 31.6 Å². The molecule has 9 heteroatoms. The summed E-state index contributed by atoms with van der Waals surface area (Å²) in [6.45, 7) is 3.16. The Hall–Kier alpha value is -3.43. The van der Waals surface area contributed by atoms with Gasteiger partial charge in [0.1, 0.15) is 5.82 Å². The van der Waals surface area contributed by atoms with Crippen molar-refractivity contribution in [3.8, 4) is 0 Å². The normalized spacial score (nSPS) is 17.1. The van der Waals surface area contributed by atoms with E-state index in [9.17, 15) is 0 Å². The monoisotopic (exact) mass is 486 g/mol. The molecule has 2 fully saturated rings. The summed E-state index contributed by atoms with van der Waals surface area (Å²) < 4.78 is 5.71. The maximum Gasteiger partial charge on any atom is 0.154 e. The van der Waals surface area contributed by atoms with Gasteiger partial charge in [0.15, 0.2) is 5.82 Å². The number of aromatic nitrogens is 4. The number of allylic oxidation sites excluding steroid dienone is 1. The van der Waals surface area contributed by atoms with Crippen LogP contribution in [0.1, 0.15) is 43.2 Å². The van der Waals surface area contributed by atoms with Gasteiger partial charge in [0.2, 0.25) is 0 Å². The van der Waals surface area contributed by atoms with Gasteiger partial charge in [0, 0.05) is 49.4 Å². The molecule has 1 saturated heterocycles. The second-order valence-electron chi connectivity index (χ2n) is 9.59. The Kier molecular flexibility index (Phi) is 8.10. The molecule has 0 amide bonds. The molecule has 0 bridgehead atoms. The van der Waals surface area contributed by atoms with Crippen LogP contribution in [0.2, 0.25) is 0 Å². The maximum atomic E-state index is 7.85. The molecule has 188 valence electrons. The number of hydrogen-bond acceptors (Lipinski definition) is 9. The summed E-state index contributed by atoms with van der Waals surface area (Å²) in [6.07, 6.45) is 14.8. The van der Waals surface area contributed by atoms with Crippen LogP contribution in [0.5, 0.6) is 0 Å². The summed E-state index contributed by atoms with van der Waals surface area (Å²) in [5.74, 6) is 2.13. The van der Waals surface area contributed by atoms with E-state index in [2.05, 4.69) is 37.2 Å². The molecule has 0 aromatic carbocycles. The highest BCUT2D eigenvalue weighted by Gasteiger charge is 2.16. The van der Waals surface area contributed by atoms with E-state index in [0.29, 0.717) is 30.9 Å². The Labute approximate surface area is 211 Å². The Morgan fingerprint density at radius 2 is 1.97 bits per heavy atom. The highest BCUT2D eigenvalue weighted by molar-refractivity contribution is 6.08. The van der Waals surface area contributed by atoms with E-state index in [1.165, 1.54) is 43.9 Å². The quantitative estimate of drug-likeness (QED) is 0.238. The molecule has 9 nitrogen and oxygen atoms in total. The van der Waals surface area contributed by atoms with Crippen molar-refractivity contribution in [2.24, 2.45) is 5.92 Å². The van der Waals surface area contributed by atoms with Gasteiger partial charge in [0.05, 0.1) is 29.9 Å². The summed E-state index contributed by atoms with van der Waals surface area (Å²) in [5.41, 5.74) is 4.31. The van der Waals surface area contributed by atoms with E-state index in [4.69, 9.17) is 15.1 Å². The van der Waals surface area contributed by atoms with Gasteiger partial charge in [-0.05, 0) is 42.2 Å². The number of nitrogens with zero attached hydrogens (tertiary/aromatic N) is 4. The molecule has 4 N–H and O–H groups in total. The molecule has 36 heavy (non-hydrogen) atoms. The molecular weight excluding hydrogens is 452 g/mol. The molecule has 0 spiro atoms. The highest BCUT2D eigenvalue weighted by atomic mass is 16.5. The molecule has 5 rings (SSSR count). The Balaban J connectivity index is 1.24. The van der Waals surface area contributed by atoms with Crippen molar-refractivity contribution in [3.63, 3.8) is 0 Å². The summed E-state index contributed by atoms with van der Waals surface area (Å²) in [6, 6.07) is 7.87. The zero-order chi connectivity index (χ0) is 24.6. The predicted molar refractivity (Wildman–Crippen MR) is 143 cm³/mol. The van der Waals surface area contributed by atoms with Crippen molar-refractivity contribution >= 4 is 34.5 Å². The lowest BCUT2D eigenvalue weighted by Crippen LogP contribution is -2.49. The van der Waals surface area contributed by atoms with Crippen LogP contribution in [-0.4, -0.2) is 58.7 Å². The van der Waals surface area contributed by atoms with E-state index < -0.39 is 0 Å². The van der Waals surface area contributed by atoms with Crippen LogP contribution in [-0.2, 0) is 11.2 Å². The third-order valence-corrected chi connectivity index (χ3v) is 6.84. The first-order valence-corrected chi connectivity index (χ1v) is 12.9. The number of ether oxygens (including phenoxy) is 1. The van der Waals surface area contributed by atoms with Crippen molar-refractivity contribution in [3.05, 3.63) is 54.0 Å². The first-order valence-electron chi connectivity index (χ1n) is 12.9. The van der Waals surface area contributed by atoms with Gasteiger partial charge in [-0.15, -0.1) is 5.10 Å². The fourth-order valence-electron chi connectivity index (χ4n) is 4.72. The number of pyridine rings is 2. The fraction of sp³-hybridized carbons (Fsp3) is 0.444. The second-order valence-corrected chi connectivity index (χ2v) is 9.59. The van der Waals surface area contributed by atoms with Crippen molar-refractivity contribution in [1.82, 2.24) is 30.8 Å². The zero-order valence-electron chi connectivity index (χ0n) is 20.5. The zero-order valence-corrected chi connectivity index (χ0v) is 20.5.